The van der Waals surface area contributed by atoms with Gasteiger partial charge in [0.25, 0.3) is 0 Å². The summed E-state index contributed by atoms with van der Waals surface area (Å²) < 4.78 is 24.5. The Balaban J connectivity index is 2.21. The van der Waals surface area contributed by atoms with Crippen LogP contribution in [0.4, 0.5) is 0 Å². The quantitative estimate of drug-likeness (QED) is 0.651. The summed E-state index contributed by atoms with van der Waals surface area (Å²) in [6.07, 6.45) is 0. The van der Waals surface area contributed by atoms with Crippen LogP contribution in [-0.4, -0.2) is 28.2 Å². The molecule has 60 valence electrons. The fourth-order valence-corrected chi connectivity index (χ4v) is 1.69. The Bertz CT molecular complexity index is 346. The Kier molecular flexibility index (Phi) is 1.09. The van der Waals surface area contributed by atoms with Gasteiger partial charge in [-0.3, -0.25) is 9.58 Å². The van der Waals surface area contributed by atoms with Crippen LogP contribution in [0.15, 0.2) is 10.7 Å². The zero-order valence-electron chi connectivity index (χ0n) is 8.92. The van der Waals surface area contributed by atoms with Crippen molar-refractivity contribution in [1.29, 1.82) is 0 Å². The lowest BCUT2D eigenvalue weighted by molar-refractivity contribution is 0.259. The Morgan fingerprint density at radius 2 is 2.64 bits per heavy atom. The van der Waals surface area contributed by atoms with Crippen LogP contribution in [0.2, 0.25) is 0 Å². The van der Waals surface area contributed by atoms with E-state index in [4.69, 9.17) is 4.11 Å². The van der Waals surface area contributed by atoms with Gasteiger partial charge in [-0.15, -0.1) is 0 Å². The maximum atomic E-state index is 7.29. The molecule has 4 heteroatoms. The summed E-state index contributed by atoms with van der Waals surface area (Å²) in [6, 6.07) is 1.86. The average Bonchev–Trinajstić information content (AvgIpc) is 2.41. The van der Waals surface area contributed by atoms with Crippen LogP contribution in [0.25, 0.3) is 0 Å². The van der Waals surface area contributed by atoms with Gasteiger partial charge in [0.2, 0.25) is 0 Å². The molecule has 0 atom stereocenters. The van der Waals surface area contributed by atoms with Crippen LogP contribution in [0.1, 0.15) is 9.81 Å². The predicted octanol–water partition coefficient (Wildman–Crippen LogP) is 1.09. The molecule has 0 spiro atoms. The molecule has 0 saturated heterocycles. The molecule has 0 amide bonds. The molecular weight excluding hydrogens is 206 g/mol. The Labute approximate surface area is 78.3 Å². The van der Waals surface area contributed by atoms with E-state index in [-0.39, 0.29) is 0 Å². The maximum Gasteiger partial charge on any atom is 0.128 e. The second kappa shape index (κ2) is 2.60. The number of fused-ring (bicyclic) bond motifs is 1. The molecule has 0 aromatic carbocycles. The summed E-state index contributed by atoms with van der Waals surface area (Å²) in [5, 5.41) is 4.19. The number of halogens is 1. The van der Waals surface area contributed by atoms with E-state index < -0.39 is 6.98 Å². The predicted molar refractivity (Wildman–Crippen MR) is 46.3 cm³/mol. The van der Waals surface area contributed by atoms with Crippen LogP contribution >= 0.6 is 15.9 Å². The smallest absolute Gasteiger partial charge is 0.128 e. The lowest BCUT2D eigenvalue weighted by atomic mass is 10.3. The number of hydrogen-bond acceptors (Lipinski definition) is 2. The van der Waals surface area contributed by atoms with Crippen molar-refractivity contribution in [2.75, 3.05) is 13.5 Å². The van der Waals surface area contributed by atoms with E-state index in [0.717, 1.165) is 10.3 Å². The van der Waals surface area contributed by atoms with Gasteiger partial charge in [0.05, 0.1) is 12.2 Å². The number of hydrogen-bond donors (Lipinski definition) is 0. The van der Waals surface area contributed by atoms with Gasteiger partial charge in [-0.2, -0.15) is 5.10 Å². The molecule has 2 heterocycles. The van der Waals surface area contributed by atoms with E-state index in [2.05, 4.69) is 21.0 Å². The third-order valence-electron chi connectivity index (χ3n) is 1.77. The fourth-order valence-electron chi connectivity index (χ4n) is 1.23. The second-order valence-electron chi connectivity index (χ2n) is 2.60. The van der Waals surface area contributed by atoms with Gasteiger partial charge in [-0.05, 0) is 29.0 Å². The molecule has 1 aromatic rings. The highest BCUT2D eigenvalue weighted by atomic mass is 79.9. The number of rotatable bonds is 0. The minimum Gasteiger partial charge on any atom is -0.299 e. The third-order valence-corrected chi connectivity index (χ3v) is 2.16. The van der Waals surface area contributed by atoms with Gasteiger partial charge < -0.3 is 0 Å². The van der Waals surface area contributed by atoms with Crippen LogP contribution < -0.4 is 0 Å². The Hall–Kier alpha value is -0.350. The molecule has 1 aromatic heterocycles. The molecule has 2 rings (SSSR count). The summed E-state index contributed by atoms with van der Waals surface area (Å²) in [5.74, 6) is 0. The topological polar surface area (TPSA) is 21.1 Å². The van der Waals surface area contributed by atoms with Crippen molar-refractivity contribution in [3.05, 3.63) is 16.4 Å². The van der Waals surface area contributed by atoms with Crippen molar-refractivity contribution in [2.24, 2.45) is 0 Å². The number of likely N-dealkylation sites (N-methyl/N-ethyl adjacent to an activating group) is 1. The van der Waals surface area contributed by atoms with Gasteiger partial charge in [0, 0.05) is 17.2 Å². The van der Waals surface area contributed by atoms with Crippen molar-refractivity contribution >= 4 is 15.9 Å². The summed E-state index contributed by atoms with van der Waals surface area (Å²) in [6.45, 7) is -0.395. The minimum absolute atomic E-state index is 0.440. The molecular formula is C7H10BrN3. The van der Waals surface area contributed by atoms with E-state index in [1.165, 1.54) is 4.90 Å². The first-order valence-electron chi connectivity index (χ1n) is 4.94. The second-order valence-corrected chi connectivity index (χ2v) is 3.42. The van der Waals surface area contributed by atoms with E-state index in [1.807, 2.05) is 10.7 Å². The summed E-state index contributed by atoms with van der Waals surface area (Å²) in [4.78, 5) is 1.48. The first-order chi connectivity index (χ1) is 6.47. The van der Waals surface area contributed by atoms with Gasteiger partial charge in [0.1, 0.15) is 4.60 Å². The molecule has 0 radical (unpaired) electrons. The number of aromatic nitrogens is 2. The van der Waals surface area contributed by atoms with Gasteiger partial charge >= 0.3 is 0 Å². The molecule has 11 heavy (non-hydrogen) atoms. The van der Waals surface area contributed by atoms with Crippen molar-refractivity contribution in [1.82, 2.24) is 14.7 Å². The standard InChI is InChI=1S/C7H10BrN3/c1-10-2-3-11-6(5-10)4-7(8)9-11/h4H,2-3,5H2,1H3/i1D3. The normalized spacial score (nSPS) is 23.5. The van der Waals surface area contributed by atoms with Crippen LogP contribution in [0, 0.1) is 0 Å². The first-order valence-corrected chi connectivity index (χ1v) is 4.23. The maximum absolute atomic E-state index is 7.29. The first kappa shape index (κ1) is 4.62. The molecule has 0 N–H and O–H groups in total. The minimum atomic E-state index is -2.00. The zero-order chi connectivity index (χ0) is 10.3. The van der Waals surface area contributed by atoms with Crippen molar-refractivity contribution in [3.63, 3.8) is 0 Å². The third kappa shape index (κ3) is 1.32. The molecule has 0 aliphatic carbocycles. The highest BCUT2D eigenvalue weighted by Crippen LogP contribution is 2.15. The Morgan fingerprint density at radius 3 is 3.45 bits per heavy atom. The fraction of sp³-hybridized carbons (Fsp3) is 0.571. The van der Waals surface area contributed by atoms with E-state index in [1.54, 1.807) is 0 Å². The van der Waals surface area contributed by atoms with Crippen LogP contribution in [-0.2, 0) is 13.1 Å². The SMILES string of the molecule is [2H]C([2H])([2H])N1CCn2nc(Br)cc2C1. The summed E-state index contributed by atoms with van der Waals surface area (Å²) in [7, 11) is 0. The zero-order valence-corrected chi connectivity index (χ0v) is 7.50. The lowest BCUT2D eigenvalue weighted by Gasteiger charge is -2.22. The monoisotopic (exact) mass is 218 g/mol. The molecule has 0 fully saturated rings. The molecule has 1 aliphatic heterocycles. The van der Waals surface area contributed by atoms with Crippen LogP contribution in [0.3, 0.4) is 0 Å². The summed E-state index contributed by atoms with van der Waals surface area (Å²) in [5.41, 5.74) is 0.944. The van der Waals surface area contributed by atoms with E-state index in [0.29, 0.717) is 19.6 Å². The lowest BCUT2D eigenvalue weighted by Crippen LogP contribution is -2.30. The average molecular weight is 219 g/mol. The van der Waals surface area contributed by atoms with Gasteiger partial charge in [0.15, 0.2) is 0 Å². The molecule has 0 unspecified atom stereocenters. The molecule has 0 saturated carbocycles. The highest BCUT2D eigenvalue weighted by molar-refractivity contribution is 9.10. The van der Waals surface area contributed by atoms with Gasteiger partial charge in [-0.1, -0.05) is 0 Å². The molecule has 3 nitrogen and oxygen atoms in total. The van der Waals surface area contributed by atoms with E-state index >= 15 is 0 Å². The summed E-state index contributed by atoms with van der Waals surface area (Å²) >= 11 is 3.27. The molecule has 0 bridgehead atoms. The van der Waals surface area contributed by atoms with Gasteiger partial charge in [-0.25, -0.2) is 0 Å². The van der Waals surface area contributed by atoms with Crippen molar-refractivity contribution < 1.29 is 4.11 Å². The molecule has 1 aliphatic rings. The van der Waals surface area contributed by atoms with Crippen molar-refractivity contribution in [3.8, 4) is 0 Å². The highest BCUT2D eigenvalue weighted by Gasteiger charge is 2.13. The number of nitrogens with zero attached hydrogens (tertiary/aromatic N) is 3. The largest absolute Gasteiger partial charge is 0.299 e. The Morgan fingerprint density at radius 1 is 1.73 bits per heavy atom. The van der Waals surface area contributed by atoms with Crippen molar-refractivity contribution in [2.45, 2.75) is 13.1 Å². The van der Waals surface area contributed by atoms with Crippen LogP contribution in [0.5, 0.6) is 0 Å². The van der Waals surface area contributed by atoms with E-state index in [9.17, 15) is 0 Å².